The van der Waals surface area contributed by atoms with Crippen LogP contribution in [0.15, 0.2) is 18.2 Å². The molecule has 3 unspecified atom stereocenters. The van der Waals surface area contributed by atoms with Crippen molar-refractivity contribution in [3.05, 3.63) is 23.8 Å². The summed E-state index contributed by atoms with van der Waals surface area (Å²) in [5.41, 5.74) is 7.41. The summed E-state index contributed by atoms with van der Waals surface area (Å²) in [7, 11) is 0. The fraction of sp³-hybridized carbons (Fsp3) is 0.667. The molecule has 0 radical (unpaired) electrons. The van der Waals surface area contributed by atoms with E-state index in [2.05, 4.69) is 25.1 Å². The van der Waals surface area contributed by atoms with Gasteiger partial charge in [0.15, 0.2) is 11.5 Å². The predicted octanol–water partition coefficient (Wildman–Crippen LogP) is 3.72. The zero-order chi connectivity index (χ0) is 14.7. The molecule has 0 aromatic heterocycles. The van der Waals surface area contributed by atoms with Crippen LogP contribution in [0.2, 0.25) is 0 Å². The summed E-state index contributed by atoms with van der Waals surface area (Å²) in [6, 6.07) is 6.50. The Hall–Kier alpha value is -1.22. The molecule has 0 amide bonds. The Balaban J connectivity index is 1.85. The molecule has 1 aliphatic carbocycles. The van der Waals surface area contributed by atoms with Crippen molar-refractivity contribution in [3.63, 3.8) is 0 Å². The summed E-state index contributed by atoms with van der Waals surface area (Å²) in [6.07, 6.45) is 6.08. The summed E-state index contributed by atoms with van der Waals surface area (Å²) in [5, 5.41) is 0. The summed E-state index contributed by atoms with van der Waals surface area (Å²) < 4.78 is 11.6. The van der Waals surface area contributed by atoms with Crippen LogP contribution in [0.5, 0.6) is 11.5 Å². The third-order valence-electron chi connectivity index (χ3n) is 5.18. The minimum atomic E-state index is 0.575. The van der Waals surface area contributed by atoms with Gasteiger partial charge < -0.3 is 15.2 Å². The summed E-state index contributed by atoms with van der Waals surface area (Å²) >= 11 is 0. The topological polar surface area (TPSA) is 44.5 Å². The summed E-state index contributed by atoms with van der Waals surface area (Å²) in [4.78, 5) is 0. The van der Waals surface area contributed by atoms with E-state index in [1.165, 1.54) is 31.2 Å². The molecular weight excluding hydrogens is 262 g/mol. The number of fused-ring (bicyclic) bond motifs is 1. The van der Waals surface area contributed by atoms with E-state index in [9.17, 15) is 0 Å². The lowest BCUT2D eigenvalue weighted by Gasteiger charge is -2.36. The summed E-state index contributed by atoms with van der Waals surface area (Å²) in [5.74, 6) is 3.83. The minimum absolute atomic E-state index is 0.575. The molecule has 2 N–H and O–H groups in total. The number of benzene rings is 1. The average Bonchev–Trinajstić information content (AvgIpc) is 2.78. The quantitative estimate of drug-likeness (QED) is 0.922. The van der Waals surface area contributed by atoms with Gasteiger partial charge in [0.1, 0.15) is 0 Å². The van der Waals surface area contributed by atoms with E-state index in [-0.39, 0.29) is 0 Å². The maximum atomic E-state index is 6.02. The second kappa shape index (κ2) is 6.69. The molecule has 1 aliphatic heterocycles. The van der Waals surface area contributed by atoms with Gasteiger partial charge in [-0.05, 0) is 54.8 Å². The first-order valence-electron chi connectivity index (χ1n) is 8.41. The molecule has 0 bridgehead atoms. The molecule has 3 heteroatoms. The fourth-order valence-electron chi connectivity index (χ4n) is 3.79. The number of rotatable bonds is 3. The highest BCUT2D eigenvalue weighted by atomic mass is 16.5. The van der Waals surface area contributed by atoms with Crippen LogP contribution < -0.4 is 15.2 Å². The first-order valence-corrected chi connectivity index (χ1v) is 8.41. The molecule has 3 atom stereocenters. The Morgan fingerprint density at radius 2 is 1.95 bits per heavy atom. The Morgan fingerprint density at radius 1 is 1.14 bits per heavy atom. The Morgan fingerprint density at radius 3 is 2.71 bits per heavy atom. The van der Waals surface area contributed by atoms with Gasteiger partial charge in [-0.3, -0.25) is 0 Å². The van der Waals surface area contributed by atoms with Gasteiger partial charge in [-0.2, -0.15) is 0 Å². The zero-order valence-corrected chi connectivity index (χ0v) is 13.0. The Kier molecular flexibility index (Phi) is 4.69. The third kappa shape index (κ3) is 3.18. The van der Waals surface area contributed by atoms with Gasteiger partial charge in [-0.15, -0.1) is 0 Å². The molecule has 1 fully saturated rings. The normalized spacial score (nSPS) is 29.0. The maximum absolute atomic E-state index is 6.02. The van der Waals surface area contributed by atoms with E-state index >= 15 is 0 Å². The van der Waals surface area contributed by atoms with E-state index in [0.29, 0.717) is 11.8 Å². The second-order valence-corrected chi connectivity index (χ2v) is 6.45. The minimum Gasteiger partial charge on any atom is -0.490 e. The number of nitrogens with two attached hydrogens (primary N) is 1. The van der Waals surface area contributed by atoms with Gasteiger partial charge in [0.25, 0.3) is 0 Å². The van der Waals surface area contributed by atoms with Gasteiger partial charge in [-0.1, -0.05) is 25.8 Å². The van der Waals surface area contributed by atoms with Crippen LogP contribution in [0.3, 0.4) is 0 Å². The van der Waals surface area contributed by atoms with Crippen LogP contribution in [-0.2, 0) is 0 Å². The number of ether oxygens (including phenoxy) is 2. The maximum Gasteiger partial charge on any atom is 0.161 e. The monoisotopic (exact) mass is 289 g/mol. The molecule has 0 spiro atoms. The molecule has 21 heavy (non-hydrogen) atoms. The van der Waals surface area contributed by atoms with Crippen molar-refractivity contribution >= 4 is 0 Å². The van der Waals surface area contributed by atoms with Crippen molar-refractivity contribution in [1.29, 1.82) is 0 Å². The van der Waals surface area contributed by atoms with Crippen LogP contribution >= 0.6 is 0 Å². The van der Waals surface area contributed by atoms with E-state index in [0.717, 1.165) is 43.6 Å². The van der Waals surface area contributed by atoms with Gasteiger partial charge >= 0.3 is 0 Å². The lowest BCUT2D eigenvalue weighted by Crippen LogP contribution is -2.28. The molecule has 3 rings (SSSR count). The Bertz CT molecular complexity index is 474. The molecule has 1 aromatic rings. The number of hydrogen-bond donors (Lipinski definition) is 1. The van der Waals surface area contributed by atoms with Crippen LogP contribution in [0.25, 0.3) is 0 Å². The van der Waals surface area contributed by atoms with Crippen molar-refractivity contribution < 1.29 is 9.47 Å². The average molecular weight is 289 g/mol. The number of hydrogen-bond acceptors (Lipinski definition) is 3. The molecule has 1 aromatic carbocycles. The van der Waals surface area contributed by atoms with Crippen molar-refractivity contribution in [1.82, 2.24) is 0 Å². The van der Waals surface area contributed by atoms with Gasteiger partial charge in [0.2, 0.25) is 0 Å². The molecule has 2 aliphatic rings. The zero-order valence-electron chi connectivity index (χ0n) is 13.0. The molecular formula is C18H27NO2. The van der Waals surface area contributed by atoms with Gasteiger partial charge in [0.05, 0.1) is 13.2 Å². The first kappa shape index (κ1) is 14.7. The van der Waals surface area contributed by atoms with Crippen LogP contribution in [0, 0.1) is 11.8 Å². The van der Waals surface area contributed by atoms with Crippen LogP contribution in [0.4, 0.5) is 0 Å². The highest BCUT2D eigenvalue weighted by Gasteiger charge is 2.30. The standard InChI is InChI=1S/C18H27NO2/c1-2-13-4-5-15(12-19)16(10-13)14-6-7-17-18(11-14)21-9-3-8-20-17/h6-7,11,13,15-16H,2-5,8-10,12,19H2,1H3. The van der Waals surface area contributed by atoms with Crippen LogP contribution in [0.1, 0.15) is 50.5 Å². The predicted molar refractivity (Wildman–Crippen MR) is 85.0 cm³/mol. The highest BCUT2D eigenvalue weighted by molar-refractivity contribution is 5.44. The van der Waals surface area contributed by atoms with Gasteiger partial charge in [0, 0.05) is 6.42 Å². The fourth-order valence-corrected chi connectivity index (χ4v) is 3.79. The van der Waals surface area contributed by atoms with Gasteiger partial charge in [-0.25, -0.2) is 0 Å². The highest BCUT2D eigenvalue weighted by Crippen LogP contribution is 2.43. The van der Waals surface area contributed by atoms with E-state index in [4.69, 9.17) is 15.2 Å². The van der Waals surface area contributed by atoms with Crippen molar-refractivity contribution in [2.45, 2.75) is 44.9 Å². The van der Waals surface area contributed by atoms with Crippen molar-refractivity contribution in [2.75, 3.05) is 19.8 Å². The molecule has 1 saturated carbocycles. The van der Waals surface area contributed by atoms with E-state index < -0.39 is 0 Å². The smallest absolute Gasteiger partial charge is 0.161 e. The molecule has 1 heterocycles. The second-order valence-electron chi connectivity index (χ2n) is 6.45. The van der Waals surface area contributed by atoms with Crippen molar-refractivity contribution in [2.24, 2.45) is 17.6 Å². The lowest BCUT2D eigenvalue weighted by atomic mass is 9.70. The summed E-state index contributed by atoms with van der Waals surface area (Å²) in [6.45, 7) is 4.59. The SMILES string of the molecule is CCC1CCC(CN)C(c2ccc3c(c2)OCCCO3)C1. The lowest BCUT2D eigenvalue weighted by molar-refractivity contribution is 0.235. The van der Waals surface area contributed by atoms with E-state index in [1.54, 1.807) is 0 Å². The van der Waals surface area contributed by atoms with Crippen LogP contribution in [-0.4, -0.2) is 19.8 Å². The molecule has 116 valence electrons. The Labute approximate surface area is 127 Å². The first-order chi connectivity index (χ1) is 10.3. The molecule has 0 saturated heterocycles. The molecule has 3 nitrogen and oxygen atoms in total. The van der Waals surface area contributed by atoms with Crippen molar-refractivity contribution in [3.8, 4) is 11.5 Å². The third-order valence-corrected chi connectivity index (χ3v) is 5.18. The van der Waals surface area contributed by atoms with E-state index in [1.807, 2.05) is 0 Å². The largest absolute Gasteiger partial charge is 0.490 e.